The fourth-order valence-corrected chi connectivity index (χ4v) is 2.98. The Morgan fingerprint density at radius 1 is 1.26 bits per heavy atom. The van der Waals surface area contributed by atoms with Gasteiger partial charge >= 0.3 is 0 Å². The number of thiocarbonyl (C=S) groups is 1. The van der Waals surface area contributed by atoms with Crippen molar-refractivity contribution < 1.29 is 0 Å². The highest BCUT2D eigenvalue weighted by atomic mass is 32.1. The van der Waals surface area contributed by atoms with E-state index >= 15 is 0 Å². The molecule has 1 aliphatic heterocycles. The minimum absolute atomic E-state index is 0.484. The summed E-state index contributed by atoms with van der Waals surface area (Å²) >= 11 is 5.14. The third-order valence-electron chi connectivity index (χ3n) is 4.11. The standard InChI is InChI=1S/C16H24N2S/c1-16(2)8-5-10-18(11-9-16)12-13-6-3-4-7-14(13)15(17)19/h3-4,6-7H,5,8-12H2,1-2H3,(H2,17,19). The fourth-order valence-electron chi connectivity index (χ4n) is 2.78. The van der Waals surface area contributed by atoms with Crippen molar-refractivity contribution in [1.82, 2.24) is 4.90 Å². The van der Waals surface area contributed by atoms with Gasteiger partial charge in [-0.2, -0.15) is 0 Å². The van der Waals surface area contributed by atoms with Crippen molar-refractivity contribution in [2.75, 3.05) is 13.1 Å². The van der Waals surface area contributed by atoms with Crippen LogP contribution in [0.3, 0.4) is 0 Å². The molecule has 0 amide bonds. The number of hydrogen-bond donors (Lipinski definition) is 1. The summed E-state index contributed by atoms with van der Waals surface area (Å²) in [6.07, 6.45) is 3.87. The lowest BCUT2D eigenvalue weighted by Crippen LogP contribution is -2.26. The fraction of sp³-hybridized carbons (Fsp3) is 0.562. The van der Waals surface area contributed by atoms with Crippen LogP contribution in [0.4, 0.5) is 0 Å². The predicted octanol–water partition coefficient (Wildman–Crippen LogP) is 3.33. The molecule has 1 fully saturated rings. The molecule has 1 saturated heterocycles. The van der Waals surface area contributed by atoms with Gasteiger partial charge in [-0.3, -0.25) is 4.90 Å². The van der Waals surface area contributed by atoms with E-state index in [2.05, 4.69) is 30.9 Å². The number of nitrogens with zero attached hydrogens (tertiary/aromatic N) is 1. The largest absolute Gasteiger partial charge is 0.389 e. The Balaban J connectivity index is 2.07. The molecule has 2 nitrogen and oxygen atoms in total. The third-order valence-corrected chi connectivity index (χ3v) is 4.33. The van der Waals surface area contributed by atoms with Gasteiger partial charge in [-0.25, -0.2) is 0 Å². The topological polar surface area (TPSA) is 29.3 Å². The summed E-state index contributed by atoms with van der Waals surface area (Å²) in [5.74, 6) is 0. The van der Waals surface area contributed by atoms with Crippen LogP contribution >= 0.6 is 12.2 Å². The first-order valence-electron chi connectivity index (χ1n) is 7.08. The molecule has 1 aromatic rings. The number of benzene rings is 1. The van der Waals surface area contributed by atoms with Crippen molar-refractivity contribution in [3.8, 4) is 0 Å². The van der Waals surface area contributed by atoms with Crippen LogP contribution in [0.5, 0.6) is 0 Å². The first-order valence-corrected chi connectivity index (χ1v) is 7.49. The van der Waals surface area contributed by atoms with Gasteiger partial charge in [0.25, 0.3) is 0 Å². The van der Waals surface area contributed by atoms with Crippen LogP contribution in [-0.4, -0.2) is 23.0 Å². The highest BCUT2D eigenvalue weighted by molar-refractivity contribution is 7.80. The second-order valence-electron chi connectivity index (χ2n) is 6.32. The van der Waals surface area contributed by atoms with Crippen molar-refractivity contribution in [3.05, 3.63) is 35.4 Å². The van der Waals surface area contributed by atoms with E-state index in [1.54, 1.807) is 0 Å². The molecule has 0 saturated carbocycles. The SMILES string of the molecule is CC1(C)CCCN(Cc2ccccc2C(N)=S)CC1. The third kappa shape index (κ3) is 4.02. The second kappa shape index (κ2) is 6.02. The normalized spacial score (nSPS) is 19.9. The number of likely N-dealkylation sites (tertiary alicyclic amines) is 1. The Morgan fingerprint density at radius 3 is 2.74 bits per heavy atom. The van der Waals surface area contributed by atoms with Gasteiger partial charge in [0.1, 0.15) is 4.99 Å². The molecule has 0 aliphatic carbocycles. The van der Waals surface area contributed by atoms with Crippen molar-refractivity contribution >= 4 is 17.2 Å². The molecule has 0 unspecified atom stereocenters. The number of rotatable bonds is 3. The highest BCUT2D eigenvalue weighted by Gasteiger charge is 2.23. The van der Waals surface area contributed by atoms with Gasteiger partial charge in [0.05, 0.1) is 0 Å². The van der Waals surface area contributed by atoms with E-state index in [0.717, 1.165) is 12.1 Å². The molecular weight excluding hydrogens is 252 g/mol. The van der Waals surface area contributed by atoms with Crippen LogP contribution in [0.2, 0.25) is 0 Å². The predicted molar refractivity (Wildman–Crippen MR) is 85.2 cm³/mol. The van der Waals surface area contributed by atoms with E-state index in [1.165, 1.54) is 37.9 Å². The van der Waals surface area contributed by atoms with Crippen LogP contribution in [0, 0.1) is 5.41 Å². The van der Waals surface area contributed by atoms with Gasteiger partial charge in [-0.15, -0.1) is 0 Å². The van der Waals surface area contributed by atoms with E-state index in [-0.39, 0.29) is 0 Å². The van der Waals surface area contributed by atoms with Crippen LogP contribution in [0.1, 0.15) is 44.2 Å². The molecule has 1 aliphatic rings. The summed E-state index contributed by atoms with van der Waals surface area (Å²) in [5, 5.41) is 0. The highest BCUT2D eigenvalue weighted by Crippen LogP contribution is 2.30. The van der Waals surface area contributed by atoms with Crippen LogP contribution in [-0.2, 0) is 6.54 Å². The maximum Gasteiger partial charge on any atom is 0.104 e. The summed E-state index contributed by atoms with van der Waals surface area (Å²) in [7, 11) is 0. The van der Waals surface area contributed by atoms with E-state index in [1.807, 2.05) is 12.1 Å². The molecule has 1 aromatic carbocycles. The zero-order valence-corrected chi connectivity index (χ0v) is 12.8. The van der Waals surface area contributed by atoms with Gasteiger partial charge < -0.3 is 5.73 Å². The molecule has 2 rings (SSSR count). The summed E-state index contributed by atoms with van der Waals surface area (Å²) in [5.41, 5.74) is 8.58. The summed E-state index contributed by atoms with van der Waals surface area (Å²) in [6, 6.07) is 8.24. The molecule has 0 radical (unpaired) electrons. The quantitative estimate of drug-likeness (QED) is 0.859. The van der Waals surface area contributed by atoms with Crippen LogP contribution in [0.15, 0.2) is 24.3 Å². The molecular formula is C16H24N2S. The first kappa shape index (κ1) is 14.5. The van der Waals surface area contributed by atoms with Gasteiger partial charge in [0.15, 0.2) is 0 Å². The van der Waals surface area contributed by atoms with Crippen LogP contribution < -0.4 is 5.73 Å². The first-order chi connectivity index (χ1) is 8.98. The van der Waals surface area contributed by atoms with Crippen LogP contribution in [0.25, 0.3) is 0 Å². The van der Waals surface area contributed by atoms with E-state index in [0.29, 0.717) is 10.4 Å². The monoisotopic (exact) mass is 276 g/mol. The molecule has 0 bridgehead atoms. The summed E-state index contributed by atoms with van der Waals surface area (Å²) < 4.78 is 0. The Morgan fingerprint density at radius 2 is 2.00 bits per heavy atom. The average Bonchev–Trinajstić information content (AvgIpc) is 2.51. The Kier molecular flexibility index (Phi) is 4.58. The molecule has 104 valence electrons. The van der Waals surface area contributed by atoms with Crippen molar-refractivity contribution in [3.63, 3.8) is 0 Å². The van der Waals surface area contributed by atoms with Gasteiger partial charge in [-0.1, -0.05) is 50.3 Å². The molecule has 0 atom stereocenters. The molecule has 0 spiro atoms. The number of hydrogen-bond acceptors (Lipinski definition) is 2. The lowest BCUT2D eigenvalue weighted by molar-refractivity contribution is 0.256. The summed E-state index contributed by atoms with van der Waals surface area (Å²) in [6.45, 7) is 8.05. The average molecular weight is 276 g/mol. The van der Waals surface area contributed by atoms with Crippen molar-refractivity contribution in [2.45, 2.75) is 39.7 Å². The molecule has 0 aromatic heterocycles. The summed E-state index contributed by atoms with van der Waals surface area (Å²) in [4.78, 5) is 3.04. The zero-order valence-electron chi connectivity index (χ0n) is 12.0. The zero-order chi connectivity index (χ0) is 13.9. The second-order valence-corrected chi connectivity index (χ2v) is 6.76. The van der Waals surface area contributed by atoms with Crippen molar-refractivity contribution in [1.29, 1.82) is 0 Å². The lowest BCUT2D eigenvalue weighted by Gasteiger charge is -2.24. The van der Waals surface area contributed by atoms with Gasteiger partial charge in [-0.05, 0) is 43.3 Å². The Bertz CT molecular complexity index is 454. The Hall–Kier alpha value is -0.930. The smallest absolute Gasteiger partial charge is 0.104 e. The Labute approximate surface area is 122 Å². The molecule has 19 heavy (non-hydrogen) atoms. The number of nitrogens with two attached hydrogens (primary N) is 1. The molecule has 3 heteroatoms. The molecule has 2 N–H and O–H groups in total. The van der Waals surface area contributed by atoms with Gasteiger partial charge in [0.2, 0.25) is 0 Å². The van der Waals surface area contributed by atoms with Crippen molar-refractivity contribution in [2.24, 2.45) is 11.1 Å². The van der Waals surface area contributed by atoms with E-state index < -0.39 is 0 Å². The maximum atomic E-state index is 5.81. The maximum absolute atomic E-state index is 5.81. The van der Waals surface area contributed by atoms with E-state index in [9.17, 15) is 0 Å². The molecule has 1 heterocycles. The van der Waals surface area contributed by atoms with E-state index in [4.69, 9.17) is 18.0 Å². The van der Waals surface area contributed by atoms with Gasteiger partial charge in [0, 0.05) is 12.1 Å². The lowest BCUT2D eigenvalue weighted by atomic mass is 9.85. The minimum atomic E-state index is 0.484. The minimum Gasteiger partial charge on any atom is -0.389 e.